The van der Waals surface area contributed by atoms with Crippen LogP contribution in [-0.2, 0) is 0 Å². The lowest BCUT2D eigenvalue weighted by molar-refractivity contribution is 0.0697. The van der Waals surface area contributed by atoms with Crippen LogP contribution in [0.1, 0.15) is 27.2 Å². The van der Waals surface area contributed by atoms with Crippen LogP contribution in [0.25, 0.3) is 0 Å². The van der Waals surface area contributed by atoms with E-state index in [1.807, 2.05) is 43.9 Å². The smallest absolute Gasteiger partial charge is 0.337 e. The zero-order chi connectivity index (χ0) is 17.3. The molecule has 122 valence electrons. The van der Waals surface area contributed by atoms with E-state index in [-0.39, 0.29) is 5.56 Å². The van der Waals surface area contributed by atoms with Crippen molar-refractivity contribution in [1.29, 1.82) is 0 Å². The number of H-pyrrole nitrogens is 1. The first-order chi connectivity index (χ1) is 11.5. The molecule has 0 saturated carbocycles. The van der Waals surface area contributed by atoms with E-state index in [0.29, 0.717) is 11.5 Å². The first-order valence-corrected chi connectivity index (χ1v) is 7.54. The van der Waals surface area contributed by atoms with Gasteiger partial charge in [-0.25, -0.2) is 4.79 Å². The van der Waals surface area contributed by atoms with Crippen molar-refractivity contribution in [3.05, 3.63) is 65.1 Å². The van der Waals surface area contributed by atoms with Gasteiger partial charge in [-0.3, -0.25) is 15.0 Å². The summed E-state index contributed by atoms with van der Waals surface area (Å²) in [5.41, 5.74) is 4.31. The van der Waals surface area contributed by atoms with Crippen LogP contribution in [0.3, 0.4) is 0 Å². The van der Waals surface area contributed by atoms with E-state index in [2.05, 4.69) is 15.2 Å². The Balaban J connectivity index is 2.27. The zero-order valence-corrected chi connectivity index (χ0v) is 13.7. The third-order valence-corrected chi connectivity index (χ3v) is 3.80. The number of carboxylic acid groups (broad SMARTS) is 1. The van der Waals surface area contributed by atoms with Crippen LogP contribution >= 0.6 is 0 Å². The van der Waals surface area contributed by atoms with Crippen LogP contribution in [0.2, 0.25) is 0 Å². The summed E-state index contributed by atoms with van der Waals surface area (Å²) in [5.74, 6) is -0.359. The van der Waals surface area contributed by atoms with Gasteiger partial charge in [0.25, 0.3) is 0 Å². The Labute approximate surface area is 139 Å². The fraction of sp³-hybridized carbons (Fsp3) is 0.167. The third kappa shape index (κ3) is 2.86. The maximum atomic E-state index is 11.8. The minimum Gasteiger partial charge on any atom is -0.478 e. The van der Waals surface area contributed by atoms with E-state index in [1.54, 1.807) is 24.5 Å². The van der Waals surface area contributed by atoms with Gasteiger partial charge in [-0.05, 0) is 44.5 Å². The normalized spacial score (nSPS) is 10.6. The van der Waals surface area contributed by atoms with Crippen molar-refractivity contribution in [2.75, 3.05) is 4.90 Å². The van der Waals surface area contributed by atoms with Crippen molar-refractivity contribution in [3.63, 3.8) is 0 Å². The van der Waals surface area contributed by atoms with Crippen LogP contribution in [-0.4, -0.2) is 26.3 Å². The Kier molecular flexibility index (Phi) is 4.04. The number of carbonyl (C=O) groups is 1. The van der Waals surface area contributed by atoms with Gasteiger partial charge >= 0.3 is 5.97 Å². The van der Waals surface area contributed by atoms with Gasteiger partial charge in [-0.1, -0.05) is 11.6 Å². The lowest BCUT2D eigenvalue weighted by Crippen LogP contribution is -2.16. The zero-order valence-electron chi connectivity index (χ0n) is 13.7. The molecule has 1 aromatic carbocycles. The summed E-state index contributed by atoms with van der Waals surface area (Å²) in [6.45, 7) is 5.73. The molecular weight excluding hydrogens is 304 g/mol. The molecule has 24 heavy (non-hydrogen) atoms. The molecule has 6 heteroatoms. The van der Waals surface area contributed by atoms with E-state index in [0.717, 1.165) is 22.5 Å². The molecule has 0 aliphatic rings. The molecule has 2 heterocycles. The van der Waals surface area contributed by atoms with Crippen molar-refractivity contribution in [1.82, 2.24) is 15.2 Å². The molecule has 0 amide bonds. The highest BCUT2D eigenvalue weighted by molar-refractivity contribution is 5.97. The molecule has 0 unspecified atom stereocenters. The first kappa shape index (κ1) is 15.7. The number of hydrogen-bond acceptors (Lipinski definition) is 4. The fourth-order valence-corrected chi connectivity index (χ4v) is 2.60. The number of aromatic carboxylic acids is 1. The maximum Gasteiger partial charge on any atom is 0.337 e. The van der Waals surface area contributed by atoms with Gasteiger partial charge in [0.15, 0.2) is 5.82 Å². The summed E-state index contributed by atoms with van der Waals surface area (Å²) in [7, 11) is 0. The lowest BCUT2D eigenvalue weighted by atomic mass is 10.1. The lowest BCUT2D eigenvalue weighted by Gasteiger charge is -2.25. The molecular formula is C18H18N4O2. The van der Waals surface area contributed by atoms with Crippen LogP contribution in [0.5, 0.6) is 0 Å². The number of anilines is 3. The van der Waals surface area contributed by atoms with Gasteiger partial charge in [-0.2, -0.15) is 5.10 Å². The second-order valence-corrected chi connectivity index (χ2v) is 5.73. The van der Waals surface area contributed by atoms with Crippen molar-refractivity contribution in [2.45, 2.75) is 20.8 Å². The van der Waals surface area contributed by atoms with Crippen molar-refractivity contribution < 1.29 is 9.90 Å². The van der Waals surface area contributed by atoms with E-state index >= 15 is 0 Å². The van der Waals surface area contributed by atoms with Gasteiger partial charge < -0.3 is 5.11 Å². The molecule has 0 spiro atoms. The van der Waals surface area contributed by atoms with Crippen LogP contribution in [0, 0.1) is 20.8 Å². The minimum atomic E-state index is -0.979. The van der Waals surface area contributed by atoms with E-state index < -0.39 is 5.97 Å². The van der Waals surface area contributed by atoms with E-state index in [1.165, 1.54) is 0 Å². The highest BCUT2D eigenvalue weighted by Gasteiger charge is 2.22. The SMILES string of the molecule is Cc1ccc(N(c2cc(C)[nH]n2)c2cnccc2C)c(C(=O)O)c1. The number of nitrogens with zero attached hydrogens (tertiary/aromatic N) is 3. The Bertz CT molecular complexity index is 902. The number of aromatic nitrogens is 3. The Morgan fingerprint density at radius 3 is 2.54 bits per heavy atom. The fourth-order valence-electron chi connectivity index (χ4n) is 2.60. The summed E-state index contributed by atoms with van der Waals surface area (Å²) in [6, 6.07) is 9.11. The quantitative estimate of drug-likeness (QED) is 0.761. The molecule has 3 aromatic rings. The summed E-state index contributed by atoms with van der Waals surface area (Å²) in [5, 5.41) is 16.9. The standard InChI is InChI=1S/C18H18N4O2/c1-11-4-5-15(14(8-11)18(23)24)22(17-9-13(3)20-21-17)16-10-19-7-6-12(16)2/h4-10H,1-3H3,(H,20,21)(H,23,24). The Morgan fingerprint density at radius 2 is 1.92 bits per heavy atom. The monoisotopic (exact) mass is 322 g/mol. The van der Waals surface area contributed by atoms with Gasteiger partial charge in [0.2, 0.25) is 0 Å². The van der Waals surface area contributed by atoms with E-state index in [9.17, 15) is 9.90 Å². The number of benzene rings is 1. The number of rotatable bonds is 4. The highest BCUT2D eigenvalue weighted by atomic mass is 16.4. The van der Waals surface area contributed by atoms with Gasteiger partial charge in [0, 0.05) is 18.0 Å². The van der Waals surface area contributed by atoms with Crippen molar-refractivity contribution in [3.8, 4) is 0 Å². The molecule has 0 atom stereocenters. The van der Waals surface area contributed by atoms with Crippen molar-refractivity contribution in [2.24, 2.45) is 0 Å². The molecule has 6 nitrogen and oxygen atoms in total. The van der Waals surface area contributed by atoms with Crippen LogP contribution < -0.4 is 4.90 Å². The summed E-state index contributed by atoms with van der Waals surface area (Å²) < 4.78 is 0. The molecule has 0 bridgehead atoms. The number of hydrogen-bond donors (Lipinski definition) is 2. The topological polar surface area (TPSA) is 82.1 Å². The third-order valence-electron chi connectivity index (χ3n) is 3.80. The van der Waals surface area contributed by atoms with Gasteiger partial charge in [0.05, 0.1) is 23.1 Å². The molecule has 2 N–H and O–H groups in total. The van der Waals surface area contributed by atoms with Crippen LogP contribution in [0.4, 0.5) is 17.2 Å². The molecule has 2 aromatic heterocycles. The summed E-state index contributed by atoms with van der Waals surface area (Å²) in [4.78, 5) is 17.8. The molecule has 0 aliphatic heterocycles. The van der Waals surface area contributed by atoms with Crippen molar-refractivity contribution >= 4 is 23.2 Å². The summed E-state index contributed by atoms with van der Waals surface area (Å²) in [6.07, 6.45) is 3.42. The number of pyridine rings is 1. The number of aryl methyl sites for hydroxylation is 3. The average molecular weight is 322 g/mol. The van der Waals surface area contributed by atoms with Crippen LogP contribution in [0.15, 0.2) is 42.7 Å². The van der Waals surface area contributed by atoms with Gasteiger partial charge in [0.1, 0.15) is 0 Å². The van der Waals surface area contributed by atoms with Gasteiger partial charge in [-0.15, -0.1) is 0 Å². The number of carboxylic acids is 1. The first-order valence-electron chi connectivity index (χ1n) is 7.54. The Hall–Kier alpha value is -3.15. The number of aromatic amines is 1. The predicted octanol–water partition coefficient (Wildman–Crippen LogP) is 3.90. The molecule has 3 rings (SSSR count). The molecule has 0 saturated heterocycles. The minimum absolute atomic E-state index is 0.221. The molecule has 0 aliphatic carbocycles. The Morgan fingerprint density at radius 1 is 1.12 bits per heavy atom. The maximum absolute atomic E-state index is 11.8. The second-order valence-electron chi connectivity index (χ2n) is 5.73. The second kappa shape index (κ2) is 6.16. The average Bonchev–Trinajstić information content (AvgIpc) is 2.96. The molecule has 0 fully saturated rings. The summed E-state index contributed by atoms with van der Waals surface area (Å²) >= 11 is 0. The van der Waals surface area contributed by atoms with E-state index in [4.69, 9.17) is 0 Å². The molecule has 0 radical (unpaired) electrons. The predicted molar refractivity (Wildman–Crippen MR) is 92.2 cm³/mol. The number of nitrogens with one attached hydrogen (secondary N) is 1. The highest BCUT2D eigenvalue weighted by Crippen LogP contribution is 2.37. The largest absolute Gasteiger partial charge is 0.478 e.